The van der Waals surface area contributed by atoms with Crippen LogP contribution in [0, 0.1) is 0 Å². The van der Waals surface area contributed by atoms with E-state index in [1.165, 1.54) is 27.5 Å². The fourth-order valence-electron chi connectivity index (χ4n) is 3.03. The van der Waals surface area contributed by atoms with E-state index in [2.05, 4.69) is 81.2 Å². The molecule has 2 aromatic carbocycles. The number of allylic oxidation sites excluding steroid dienone is 4. The summed E-state index contributed by atoms with van der Waals surface area (Å²) in [7, 11) is 0. The van der Waals surface area contributed by atoms with E-state index in [1.807, 2.05) is 0 Å². The maximum absolute atomic E-state index is 3.59. The van der Waals surface area contributed by atoms with Gasteiger partial charge < -0.3 is 4.57 Å². The van der Waals surface area contributed by atoms with Crippen molar-refractivity contribution in [2.45, 2.75) is 12.8 Å². The normalized spacial score (nSPS) is 14.9. The van der Waals surface area contributed by atoms with Crippen LogP contribution in [0.15, 0.2) is 65.2 Å². The first-order chi connectivity index (χ1) is 9.84. The molecule has 0 N–H and O–H groups in total. The van der Waals surface area contributed by atoms with Crippen LogP contribution in [0.3, 0.4) is 0 Å². The molecule has 1 aliphatic rings. The van der Waals surface area contributed by atoms with Gasteiger partial charge in [0.1, 0.15) is 0 Å². The molecule has 0 radical (unpaired) electrons. The second-order valence-electron chi connectivity index (χ2n) is 5.14. The van der Waals surface area contributed by atoms with E-state index in [9.17, 15) is 0 Å². The Morgan fingerprint density at radius 1 is 0.950 bits per heavy atom. The molecule has 0 atom stereocenters. The molecule has 20 heavy (non-hydrogen) atoms. The van der Waals surface area contributed by atoms with Crippen LogP contribution in [-0.2, 0) is 0 Å². The molecule has 3 aromatic rings. The largest absolute Gasteiger partial charge is 0.313 e. The van der Waals surface area contributed by atoms with Crippen molar-refractivity contribution in [3.05, 3.63) is 65.2 Å². The van der Waals surface area contributed by atoms with Gasteiger partial charge in [-0.15, -0.1) is 0 Å². The third-order valence-electron chi connectivity index (χ3n) is 3.91. The molecule has 0 fully saturated rings. The smallest absolute Gasteiger partial charge is 0.0538 e. The molecule has 0 unspecified atom stereocenters. The summed E-state index contributed by atoms with van der Waals surface area (Å²) in [6, 6.07) is 15.2. The fourth-order valence-corrected chi connectivity index (χ4v) is 3.39. The highest BCUT2D eigenvalue weighted by Gasteiger charge is 2.13. The summed E-state index contributed by atoms with van der Waals surface area (Å²) < 4.78 is 3.53. The van der Waals surface area contributed by atoms with Gasteiger partial charge in [0.25, 0.3) is 0 Å². The summed E-state index contributed by atoms with van der Waals surface area (Å²) in [5.41, 5.74) is 3.96. The Morgan fingerprint density at radius 3 is 2.65 bits per heavy atom. The van der Waals surface area contributed by atoms with Crippen molar-refractivity contribution in [3.63, 3.8) is 0 Å². The molecule has 1 heterocycles. The average Bonchev–Trinajstić information content (AvgIpc) is 2.82. The van der Waals surface area contributed by atoms with Crippen LogP contribution in [0.25, 0.3) is 27.5 Å². The maximum Gasteiger partial charge on any atom is 0.0538 e. The second-order valence-corrected chi connectivity index (χ2v) is 6.05. The zero-order chi connectivity index (χ0) is 13.5. The highest BCUT2D eigenvalue weighted by molar-refractivity contribution is 9.10. The predicted molar refractivity (Wildman–Crippen MR) is 89.8 cm³/mol. The van der Waals surface area contributed by atoms with Crippen molar-refractivity contribution >= 4 is 43.4 Å². The third-order valence-corrected chi connectivity index (χ3v) is 4.41. The summed E-state index contributed by atoms with van der Waals surface area (Å²) in [6.45, 7) is 0. The Labute approximate surface area is 126 Å². The van der Waals surface area contributed by atoms with Crippen molar-refractivity contribution < 1.29 is 0 Å². The number of nitrogens with zero attached hydrogens (tertiary/aromatic N) is 1. The predicted octanol–water partition coefficient (Wildman–Crippen LogP) is 5.75. The number of halogens is 1. The molecule has 1 aliphatic carbocycles. The zero-order valence-electron chi connectivity index (χ0n) is 11.0. The van der Waals surface area contributed by atoms with Gasteiger partial charge >= 0.3 is 0 Å². The van der Waals surface area contributed by atoms with Gasteiger partial charge in [-0.1, -0.05) is 46.3 Å². The number of hydrogen-bond acceptors (Lipinski definition) is 0. The second kappa shape index (κ2) is 4.64. The Hall–Kier alpha value is -1.80. The molecule has 0 spiro atoms. The van der Waals surface area contributed by atoms with Crippen LogP contribution in [0.1, 0.15) is 12.8 Å². The minimum Gasteiger partial charge on any atom is -0.313 e. The monoisotopic (exact) mass is 323 g/mol. The van der Waals surface area contributed by atoms with Crippen molar-refractivity contribution in [2.24, 2.45) is 0 Å². The van der Waals surface area contributed by atoms with Gasteiger partial charge in [-0.3, -0.25) is 0 Å². The first-order valence-electron chi connectivity index (χ1n) is 6.89. The van der Waals surface area contributed by atoms with Gasteiger partial charge in [-0.2, -0.15) is 0 Å². The summed E-state index contributed by atoms with van der Waals surface area (Å²) >= 11 is 3.59. The summed E-state index contributed by atoms with van der Waals surface area (Å²) in [4.78, 5) is 0. The lowest BCUT2D eigenvalue weighted by atomic mass is 10.1. The highest BCUT2D eigenvalue weighted by Crippen LogP contribution is 2.35. The van der Waals surface area contributed by atoms with E-state index < -0.39 is 0 Å². The molecular formula is C18H14BrN. The lowest BCUT2D eigenvalue weighted by Crippen LogP contribution is -1.98. The lowest BCUT2D eigenvalue weighted by Gasteiger charge is -2.13. The Bertz CT molecular complexity index is 868. The first-order valence-corrected chi connectivity index (χ1v) is 7.69. The molecule has 98 valence electrons. The maximum atomic E-state index is 3.59. The minimum absolute atomic E-state index is 1.10. The average molecular weight is 324 g/mol. The SMILES string of the molecule is Brc1ccc2c(c1)c1ccccc1n2C1=CC=CCC1. The highest BCUT2D eigenvalue weighted by atomic mass is 79.9. The molecule has 1 aromatic heterocycles. The van der Waals surface area contributed by atoms with Gasteiger partial charge in [0.2, 0.25) is 0 Å². The van der Waals surface area contributed by atoms with Crippen LogP contribution < -0.4 is 0 Å². The number of benzene rings is 2. The Kier molecular flexibility index (Phi) is 2.78. The molecule has 4 rings (SSSR count). The van der Waals surface area contributed by atoms with Crippen LogP contribution in [0.2, 0.25) is 0 Å². The van der Waals surface area contributed by atoms with Gasteiger partial charge in [-0.25, -0.2) is 0 Å². The number of fused-ring (bicyclic) bond motifs is 3. The lowest BCUT2D eigenvalue weighted by molar-refractivity contribution is 0.979. The molecule has 0 saturated carbocycles. The zero-order valence-corrected chi connectivity index (χ0v) is 12.6. The van der Waals surface area contributed by atoms with Crippen LogP contribution in [-0.4, -0.2) is 4.57 Å². The fraction of sp³-hybridized carbons (Fsp3) is 0.111. The Morgan fingerprint density at radius 2 is 1.80 bits per heavy atom. The topological polar surface area (TPSA) is 4.93 Å². The number of aromatic nitrogens is 1. The number of para-hydroxylation sites is 1. The van der Waals surface area contributed by atoms with Crippen molar-refractivity contribution in [1.29, 1.82) is 0 Å². The van der Waals surface area contributed by atoms with E-state index in [-0.39, 0.29) is 0 Å². The molecule has 0 saturated heterocycles. The van der Waals surface area contributed by atoms with Crippen LogP contribution in [0.4, 0.5) is 0 Å². The van der Waals surface area contributed by atoms with E-state index >= 15 is 0 Å². The van der Waals surface area contributed by atoms with E-state index in [0.717, 1.165) is 17.3 Å². The standard InChI is InChI=1S/C18H14BrN/c19-13-10-11-18-16(12-13)15-8-4-5-9-17(15)20(18)14-6-2-1-3-7-14/h1-2,4-6,8-12H,3,7H2. The summed E-state index contributed by atoms with van der Waals surface area (Å²) in [5, 5.41) is 2.63. The van der Waals surface area contributed by atoms with Crippen LogP contribution in [0.5, 0.6) is 0 Å². The van der Waals surface area contributed by atoms with E-state index in [1.54, 1.807) is 0 Å². The summed E-state index contributed by atoms with van der Waals surface area (Å²) in [6.07, 6.45) is 8.85. The molecule has 0 amide bonds. The van der Waals surface area contributed by atoms with Gasteiger partial charge in [0.05, 0.1) is 11.0 Å². The van der Waals surface area contributed by atoms with Gasteiger partial charge in [0.15, 0.2) is 0 Å². The molecular weight excluding hydrogens is 310 g/mol. The van der Waals surface area contributed by atoms with Crippen molar-refractivity contribution in [2.75, 3.05) is 0 Å². The molecule has 0 bridgehead atoms. The summed E-state index contributed by atoms with van der Waals surface area (Å²) in [5.74, 6) is 0. The van der Waals surface area contributed by atoms with Crippen molar-refractivity contribution in [1.82, 2.24) is 4.57 Å². The third kappa shape index (κ3) is 1.75. The van der Waals surface area contributed by atoms with Crippen LogP contribution >= 0.6 is 15.9 Å². The van der Waals surface area contributed by atoms with Gasteiger partial charge in [0, 0.05) is 20.9 Å². The van der Waals surface area contributed by atoms with E-state index in [0.29, 0.717) is 0 Å². The minimum atomic E-state index is 1.10. The quantitative estimate of drug-likeness (QED) is 0.537. The Balaban J connectivity index is 2.16. The van der Waals surface area contributed by atoms with E-state index in [4.69, 9.17) is 0 Å². The molecule has 2 heteroatoms. The van der Waals surface area contributed by atoms with Crippen molar-refractivity contribution in [3.8, 4) is 0 Å². The number of hydrogen-bond donors (Lipinski definition) is 0. The first kappa shape index (κ1) is 12.0. The molecule has 0 aliphatic heterocycles. The number of rotatable bonds is 1. The molecule has 1 nitrogen and oxygen atoms in total. The van der Waals surface area contributed by atoms with Gasteiger partial charge in [-0.05, 0) is 43.2 Å².